The number of hydrogen-bond donors (Lipinski definition) is 4. The van der Waals surface area contributed by atoms with Gasteiger partial charge >= 0.3 is 6.09 Å². The van der Waals surface area contributed by atoms with Crippen molar-refractivity contribution in [2.24, 2.45) is 0 Å². The van der Waals surface area contributed by atoms with Gasteiger partial charge in [-0.15, -0.1) is 0 Å². The third-order valence-electron chi connectivity index (χ3n) is 5.57. The van der Waals surface area contributed by atoms with E-state index in [4.69, 9.17) is 9.84 Å². The predicted molar refractivity (Wildman–Crippen MR) is 97.0 cm³/mol. The first kappa shape index (κ1) is 22.1. The maximum atomic E-state index is 11.8. The Kier molecular flexibility index (Phi) is 8.95. The van der Waals surface area contributed by atoms with Gasteiger partial charge in [-0.3, -0.25) is 9.69 Å². The molecule has 2 aliphatic rings. The van der Waals surface area contributed by atoms with Crippen LogP contribution in [0.5, 0.6) is 0 Å². The number of hydrogen-bond acceptors (Lipinski definition) is 7. The fourth-order valence-electron chi connectivity index (χ4n) is 4.00. The highest BCUT2D eigenvalue weighted by atomic mass is 16.6. The van der Waals surface area contributed by atoms with Crippen molar-refractivity contribution < 1.29 is 34.8 Å². The lowest BCUT2D eigenvalue weighted by Gasteiger charge is -2.27. The number of ether oxygens (including phenoxy) is 1. The molecule has 0 saturated carbocycles. The molecule has 2 saturated heterocycles. The SMILES string of the molecule is O=C(CCCCO)CCCCCCC[C@@H](O)[C@@H]1[C@@H](O)[C@H](O)[C@H]2COC(=O)N12. The molecule has 0 radical (unpaired) electrons. The molecular weight excluding hydrogens is 354 g/mol. The fraction of sp³-hybridized carbons (Fsp3) is 0.895. The number of carbonyl (C=O) groups excluding carboxylic acids is 2. The molecular formula is C19H33NO7. The molecule has 8 heteroatoms. The number of fused-ring (bicyclic) bond motifs is 1. The van der Waals surface area contributed by atoms with Crippen molar-refractivity contribution in [1.82, 2.24) is 4.90 Å². The molecule has 2 rings (SSSR count). The first-order chi connectivity index (χ1) is 13.0. The number of aliphatic hydroxyl groups excluding tert-OH is 4. The highest BCUT2D eigenvalue weighted by Crippen LogP contribution is 2.33. The third kappa shape index (κ3) is 5.88. The van der Waals surface area contributed by atoms with Crippen molar-refractivity contribution in [2.75, 3.05) is 13.2 Å². The standard InChI is InChI=1S/C19H33NO7/c21-11-7-6-9-13(22)8-4-2-1-3-5-10-15(23)16-18(25)17(24)14-12-27-19(26)20(14)16/h14-18,21,23-25H,1-12H2/t14-,15-,16-,17-,18-/m1/s1. The second-order valence-electron chi connectivity index (χ2n) is 7.62. The maximum Gasteiger partial charge on any atom is 0.410 e. The van der Waals surface area contributed by atoms with Gasteiger partial charge in [-0.2, -0.15) is 0 Å². The van der Waals surface area contributed by atoms with Crippen molar-refractivity contribution in [3.63, 3.8) is 0 Å². The zero-order valence-electron chi connectivity index (χ0n) is 15.8. The Balaban J connectivity index is 1.58. The van der Waals surface area contributed by atoms with E-state index in [0.717, 1.165) is 38.5 Å². The molecule has 0 spiro atoms. The number of rotatable bonds is 13. The number of nitrogens with zero attached hydrogens (tertiary/aromatic N) is 1. The number of aliphatic hydroxyl groups is 4. The van der Waals surface area contributed by atoms with Gasteiger partial charge in [0, 0.05) is 19.4 Å². The first-order valence-electron chi connectivity index (χ1n) is 10.1. The summed E-state index contributed by atoms with van der Waals surface area (Å²) in [6.07, 6.45) is 3.65. The summed E-state index contributed by atoms with van der Waals surface area (Å²) in [5.74, 6) is 0.250. The number of amides is 1. The lowest BCUT2D eigenvalue weighted by atomic mass is 9.98. The van der Waals surface area contributed by atoms with Crippen LogP contribution in [-0.4, -0.2) is 80.8 Å². The first-order valence-corrected chi connectivity index (χ1v) is 10.1. The number of Topliss-reactive ketones (excluding diaryl/α,β-unsaturated/α-hetero) is 1. The molecule has 0 aliphatic carbocycles. The van der Waals surface area contributed by atoms with Gasteiger partial charge in [0.2, 0.25) is 0 Å². The largest absolute Gasteiger partial charge is 0.447 e. The molecule has 2 aliphatic heterocycles. The van der Waals surface area contributed by atoms with Crippen LogP contribution in [0.1, 0.15) is 64.2 Å². The quantitative estimate of drug-likeness (QED) is 0.343. The molecule has 0 unspecified atom stereocenters. The van der Waals surface area contributed by atoms with Crippen molar-refractivity contribution in [3.8, 4) is 0 Å². The van der Waals surface area contributed by atoms with Gasteiger partial charge in [0.05, 0.1) is 18.2 Å². The Morgan fingerprint density at radius 3 is 2.37 bits per heavy atom. The Morgan fingerprint density at radius 1 is 1.04 bits per heavy atom. The zero-order chi connectivity index (χ0) is 19.8. The van der Waals surface area contributed by atoms with Crippen LogP contribution in [0.3, 0.4) is 0 Å². The van der Waals surface area contributed by atoms with Gasteiger partial charge in [0.25, 0.3) is 0 Å². The van der Waals surface area contributed by atoms with Crippen LogP contribution in [0, 0.1) is 0 Å². The van der Waals surface area contributed by atoms with E-state index in [1.165, 1.54) is 4.90 Å². The third-order valence-corrected chi connectivity index (χ3v) is 5.57. The molecule has 5 atom stereocenters. The average molecular weight is 387 g/mol. The van der Waals surface area contributed by atoms with Gasteiger partial charge in [0.1, 0.15) is 24.6 Å². The Morgan fingerprint density at radius 2 is 1.67 bits per heavy atom. The van der Waals surface area contributed by atoms with Crippen LogP contribution in [0.2, 0.25) is 0 Å². The maximum absolute atomic E-state index is 11.8. The second-order valence-corrected chi connectivity index (χ2v) is 7.62. The van der Waals surface area contributed by atoms with E-state index in [2.05, 4.69) is 0 Å². The van der Waals surface area contributed by atoms with Crippen LogP contribution >= 0.6 is 0 Å². The molecule has 2 fully saturated rings. The smallest absolute Gasteiger partial charge is 0.410 e. The van der Waals surface area contributed by atoms with Gasteiger partial charge in [-0.1, -0.05) is 25.7 Å². The zero-order valence-corrected chi connectivity index (χ0v) is 15.8. The molecule has 156 valence electrons. The van der Waals surface area contributed by atoms with Crippen molar-refractivity contribution in [1.29, 1.82) is 0 Å². The molecule has 0 aromatic heterocycles. The molecule has 0 bridgehead atoms. The van der Waals surface area contributed by atoms with E-state index in [0.29, 0.717) is 25.7 Å². The second kappa shape index (κ2) is 10.9. The molecule has 27 heavy (non-hydrogen) atoms. The van der Waals surface area contributed by atoms with E-state index < -0.39 is 36.5 Å². The summed E-state index contributed by atoms with van der Waals surface area (Å²) in [6, 6.07) is -1.40. The summed E-state index contributed by atoms with van der Waals surface area (Å²) >= 11 is 0. The summed E-state index contributed by atoms with van der Waals surface area (Å²) in [5, 5.41) is 39.2. The normalized spacial score (nSPS) is 28.3. The van der Waals surface area contributed by atoms with E-state index in [-0.39, 0.29) is 19.0 Å². The Hall–Kier alpha value is -1.22. The minimum Gasteiger partial charge on any atom is -0.447 e. The van der Waals surface area contributed by atoms with Crippen molar-refractivity contribution in [2.45, 2.75) is 94.6 Å². The van der Waals surface area contributed by atoms with Gasteiger partial charge < -0.3 is 25.2 Å². The Labute approximate surface area is 160 Å². The minimum atomic E-state index is -1.16. The minimum absolute atomic E-state index is 0.0407. The van der Waals surface area contributed by atoms with E-state index in [9.17, 15) is 24.9 Å². The number of ketones is 1. The number of cyclic esters (lactones) is 1. The van der Waals surface area contributed by atoms with Crippen LogP contribution in [0.15, 0.2) is 0 Å². The van der Waals surface area contributed by atoms with Crippen molar-refractivity contribution in [3.05, 3.63) is 0 Å². The fourth-order valence-corrected chi connectivity index (χ4v) is 4.00. The Bertz CT molecular complexity index is 487. The highest BCUT2D eigenvalue weighted by Gasteiger charge is 2.56. The number of unbranched alkanes of at least 4 members (excludes halogenated alkanes) is 5. The summed E-state index contributed by atoms with van der Waals surface area (Å²) in [5.41, 5.74) is 0. The van der Waals surface area contributed by atoms with Crippen LogP contribution in [0.25, 0.3) is 0 Å². The highest BCUT2D eigenvalue weighted by molar-refractivity contribution is 5.78. The summed E-state index contributed by atoms with van der Waals surface area (Å²) in [6.45, 7) is 0.175. The molecule has 1 amide bonds. The van der Waals surface area contributed by atoms with E-state index in [1.54, 1.807) is 0 Å². The molecule has 8 nitrogen and oxygen atoms in total. The molecule has 4 N–H and O–H groups in total. The summed E-state index contributed by atoms with van der Waals surface area (Å²) in [7, 11) is 0. The van der Waals surface area contributed by atoms with Gasteiger partial charge in [0.15, 0.2) is 0 Å². The predicted octanol–water partition coefficient (Wildman–Crippen LogP) is 0.734. The molecule has 0 aromatic rings. The van der Waals surface area contributed by atoms with Crippen LogP contribution in [-0.2, 0) is 9.53 Å². The lowest BCUT2D eigenvalue weighted by Crippen LogP contribution is -2.47. The summed E-state index contributed by atoms with van der Waals surface area (Å²) in [4.78, 5) is 24.7. The average Bonchev–Trinajstić information content (AvgIpc) is 3.13. The van der Waals surface area contributed by atoms with Crippen molar-refractivity contribution >= 4 is 11.9 Å². The van der Waals surface area contributed by atoms with E-state index >= 15 is 0 Å². The number of carbonyl (C=O) groups is 2. The monoisotopic (exact) mass is 387 g/mol. The van der Waals surface area contributed by atoms with E-state index in [1.807, 2.05) is 0 Å². The lowest BCUT2D eigenvalue weighted by molar-refractivity contribution is -0.119. The van der Waals surface area contributed by atoms with Gasteiger partial charge in [-0.25, -0.2) is 4.79 Å². The van der Waals surface area contributed by atoms with Crippen LogP contribution < -0.4 is 0 Å². The van der Waals surface area contributed by atoms with Gasteiger partial charge in [-0.05, 0) is 25.7 Å². The molecule has 2 heterocycles. The topological polar surface area (TPSA) is 128 Å². The van der Waals surface area contributed by atoms with Crippen LogP contribution in [0.4, 0.5) is 4.79 Å². The summed E-state index contributed by atoms with van der Waals surface area (Å²) < 4.78 is 4.90. The molecule has 0 aromatic carbocycles.